The molecule has 8 heteroatoms. The van der Waals surface area contributed by atoms with Gasteiger partial charge in [-0.05, 0) is 12.1 Å². The molecule has 0 heterocycles. The lowest BCUT2D eigenvalue weighted by Gasteiger charge is -2.11. The molecule has 2 amide bonds. The first-order valence-electron chi connectivity index (χ1n) is 5.53. The van der Waals surface area contributed by atoms with Crippen LogP contribution in [-0.2, 0) is 9.59 Å². The molecule has 0 fully saturated rings. The molecule has 0 aromatic heterocycles. The number of carboxylic acids is 1. The van der Waals surface area contributed by atoms with Gasteiger partial charge in [0.05, 0.1) is 7.11 Å². The number of methoxy groups -OCH3 is 1. The normalized spacial score (nSPS) is 9.50. The Hall–Kier alpha value is -2.77. The molecule has 1 aromatic rings. The Bertz CT molecular complexity index is 529. The minimum Gasteiger partial charge on any atom is -0.497 e. The standard InChI is InChI=1S/C12H14N2O6/c1-7(15)13-14-11(16)6-20-10-5-8(19-2)3-4-9(10)12(17)18/h3-5H,6H2,1-2H3,(H,13,15)(H,14,16)(H,17,18). The second kappa shape index (κ2) is 6.98. The van der Waals surface area contributed by atoms with Crippen LogP contribution < -0.4 is 20.3 Å². The Kier molecular flexibility index (Phi) is 5.33. The van der Waals surface area contributed by atoms with Gasteiger partial charge in [-0.1, -0.05) is 0 Å². The number of nitrogens with one attached hydrogen (secondary N) is 2. The SMILES string of the molecule is COc1ccc(C(=O)O)c(OCC(=O)NNC(C)=O)c1. The number of carbonyl (C=O) groups excluding carboxylic acids is 2. The Morgan fingerprint density at radius 3 is 2.50 bits per heavy atom. The van der Waals surface area contributed by atoms with Crippen molar-refractivity contribution in [2.45, 2.75) is 6.92 Å². The summed E-state index contributed by atoms with van der Waals surface area (Å²) in [5, 5.41) is 8.99. The van der Waals surface area contributed by atoms with Crippen LogP contribution in [0.3, 0.4) is 0 Å². The van der Waals surface area contributed by atoms with Crippen LogP contribution in [0.4, 0.5) is 0 Å². The van der Waals surface area contributed by atoms with Crippen molar-refractivity contribution in [2.24, 2.45) is 0 Å². The monoisotopic (exact) mass is 282 g/mol. The van der Waals surface area contributed by atoms with Crippen molar-refractivity contribution in [1.29, 1.82) is 0 Å². The van der Waals surface area contributed by atoms with Crippen LogP contribution in [0.25, 0.3) is 0 Å². The van der Waals surface area contributed by atoms with E-state index in [1.807, 2.05) is 0 Å². The summed E-state index contributed by atoms with van der Waals surface area (Å²) in [5.74, 6) is -1.86. The molecule has 0 saturated carbocycles. The van der Waals surface area contributed by atoms with Crippen LogP contribution in [0.2, 0.25) is 0 Å². The molecule has 0 unspecified atom stereocenters. The average molecular weight is 282 g/mol. The number of aromatic carboxylic acids is 1. The molecule has 0 bridgehead atoms. The number of carboxylic acid groups (broad SMARTS) is 1. The van der Waals surface area contributed by atoms with Crippen molar-refractivity contribution in [3.05, 3.63) is 23.8 Å². The molecule has 0 radical (unpaired) electrons. The third-order valence-electron chi connectivity index (χ3n) is 2.16. The summed E-state index contributed by atoms with van der Waals surface area (Å²) in [7, 11) is 1.42. The zero-order valence-corrected chi connectivity index (χ0v) is 10.9. The van der Waals surface area contributed by atoms with E-state index in [4.69, 9.17) is 14.6 Å². The first-order valence-corrected chi connectivity index (χ1v) is 5.53. The van der Waals surface area contributed by atoms with E-state index in [9.17, 15) is 14.4 Å². The van der Waals surface area contributed by atoms with Gasteiger partial charge in [-0.25, -0.2) is 4.79 Å². The summed E-state index contributed by atoms with van der Waals surface area (Å²) >= 11 is 0. The first-order chi connectivity index (χ1) is 9.43. The van der Waals surface area contributed by atoms with Gasteiger partial charge in [-0.2, -0.15) is 0 Å². The molecule has 0 atom stereocenters. The van der Waals surface area contributed by atoms with Gasteiger partial charge in [0.25, 0.3) is 5.91 Å². The van der Waals surface area contributed by atoms with Crippen LogP contribution in [-0.4, -0.2) is 36.6 Å². The summed E-state index contributed by atoms with van der Waals surface area (Å²) in [4.78, 5) is 32.9. The van der Waals surface area contributed by atoms with E-state index in [-0.39, 0.29) is 11.3 Å². The number of hydrogen-bond acceptors (Lipinski definition) is 5. The second-order valence-electron chi connectivity index (χ2n) is 3.69. The number of amides is 2. The largest absolute Gasteiger partial charge is 0.497 e. The van der Waals surface area contributed by atoms with Gasteiger partial charge in [0.1, 0.15) is 17.1 Å². The van der Waals surface area contributed by atoms with Gasteiger partial charge in [0.2, 0.25) is 5.91 Å². The van der Waals surface area contributed by atoms with Crippen LogP contribution >= 0.6 is 0 Å². The highest BCUT2D eigenvalue weighted by atomic mass is 16.5. The average Bonchev–Trinajstić information content (AvgIpc) is 2.42. The Morgan fingerprint density at radius 2 is 1.95 bits per heavy atom. The number of ether oxygens (including phenoxy) is 2. The van der Waals surface area contributed by atoms with Gasteiger partial charge in [-0.15, -0.1) is 0 Å². The second-order valence-corrected chi connectivity index (χ2v) is 3.69. The smallest absolute Gasteiger partial charge is 0.339 e. The molecule has 0 spiro atoms. The molecule has 0 aliphatic rings. The third kappa shape index (κ3) is 4.48. The van der Waals surface area contributed by atoms with E-state index in [0.29, 0.717) is 5.75 Å². The van der Waals surface area contributed by atoms with E-state index >= 15 is 0 Å². The fraction of sp³-hybridized carbons (Fsp3) is 0.250. The molecular weight excluding hydrogens is 268 g/mol. The zero-order valence-electron chi connectivity index (χ0n) is 10.9. The first kappa shape index (κ1) is 15.3. The van der Waals surface area contributed by atoms with Crippen molar-refractivity contribution in [1.82, 2.24) is 10.9 Å². The molecular formula is C12H14N2O6. The Morgan fingerprint density at radius 1 is 1.25 bits per heavy atom. The van der Waals surface area contributed by atoms with E-state index in [2.05, 4.69) is 10.9 Å². The number of benzene rings is 1. The van der Waals surface area contributed by atoms with Crippen molar-refractivity contribution < 1.29 is 29.0 Å². The number of carbonyl (C=O) groups is 3. The maximum absolute atomic E-state index is 11.3. The Balaban J connectivity index is 2.72. The number of hydrazine groups is 1. The highest BCUT2D eigenvalue weighted by Gasteiger charge is 2.14. The summed E-state index contributed by atoms with van der Waals surface area (Å²) in [6, 6.07) is 4.13. The molecule has 8 nitrogen and oxygen atoms in total. The number of hydrogen-bond donors (Lipinski definition) is 3. The van der Waals surface area contributed by atoms with Crippen LogP contribution in [0.15, 0.2) is 18.2 Å². The van der Waals surface area contributed by atoms with Crippen LogP contribution in [0, 0.1) is 0 Å². The van der Waals surface area contributed by atoms with E-state index < -0.39 is 24.4 Å². The fourth-order valence-corrected chi connectivity index (χ4v) is 1.26. The quantitative estimate of drug-likeness (QED) is 0.652. The van der Waals surface area contributed by atoms with E-state index in [1.165, 1.54) is 32.2 Å². The van der Waals surface area contributed by atoms with Crippen molar-refractivity contribution in [3.63, 3.8) is 0 Å². The zero-order chi connectivity index (χ0) is 15.1. The lowest BCUT2D eigenvalue weighted by Crippen LogP contribution is -2.42. The molecule has 1 aromatic carbocycles. The maximum Gasteiger partial charge on any atom is 0.339 e. The third-order valence-corrected chi connectivity index (χ3v) is 2.16. The van der Waals surface area contributed by atoms with Crippen LogP contribution in [0.5, 0.6) is 11.5 Å². The number of rotatable bonds is 5. The van der Waals surface area contributed by atoms with Crippen molar-refractivity contribution >= 4 is 17.8 Å². The van der Waals surface area contributed by atoms with Gasteiger partial charge in [-0.3, -0.25) is 20.4 Å². The molecule has 1 rings (SSSR count). The highest BCUT2D eigenvalue weighted by Crippen LogP contribution is 2.24. The molecule has 108 valence electrons. The molecule has 0 aliphatic carbocycles. The minimum atomic E-state index is -1.19. The predicted octanol–water partition coefficient (Wildman–Crippen LogP) is -0.0605. The van der Waals surface area contributed by atoms with Crippen molar-refractivity contribution in [2.75, 3.05) is 13.7 Å². The summed E-state index contributed by atoms with van der Waals surface area (Å²) in [6.45, 7) is 0.777. The maximum atomic E-state index is 11.3. The summed E-state index contributed by atoms with van der Waals surface area (Å²) < 4.78 is 10.1. The minimum absolute atomic E-state index is 0.00479. The Labute approximate surface area is 114 Å². The van der Waals surface area contributed by atoms with Crippen molar-refractivity contribution in [3.8, 4) is 11.5 Å². The van der Waals surface area contributed by atoms with E-state index in [1.54, 1.807) is 0 Å². The molecule has 20 heavy (non-hydrogen) atoms. The van der Waals surface area contributed by atoms with E-state index in [0.717, 1.165) is 0 Å². The lowest BCUT2D eigenvalue weighted by atomic mass is 10.2. The van der Waals surface area contributed by atoms with Gasteiger partial charge >= 0.3 is 5.97 Å². The van der Waals surface area contributed by atoms with Gasteiger partial charge in [0, 0.05) is 13.0 Å². The lowest BCUT2D eigenvalue weighted by molar-refractivity contribution is -0.129. The molecule has 3 N–H and O–H groups in total. The van der Waals surface area contributed by atoms with Gasteiger partial charge < -0.3 is 14.6 Å². The highest BCUT2D eigenvalue weighted by molar-refractivity contribution is 5.91. The summed E-state index contributed by atoms with van der Waals surface area (Å²) in [5.41, 5.74) is 4.07. The molecule has 0 aliphatic heterocycles. The van der Waals surface area contributed by atoms with Crippen LogP contribution in [0.1, 0.15) is 17.3 Å². The predicted molar refractivity (Wildman–Crippen MR) is 67.4 cm³/mol. The topological polar surface area (TPSA) is 114 Å². The van der Waals surface area contributed by atoms with Gasteiger partial charge in [0.15, 0.2) is 6.61 Å². The molecule has 0 saturated heterocycles. The fourth-order valence-electron chi connectivity index (χ4n) is 1.26. The summed E-state index contributed by atoms with van der Waals surface area (Å²) in [6.07, 6.45) is 0.